The SMILES string of the molecule is CCNC(=NCc1ccsc1)NCCc1cccc(O)c1.I. The molecule has 2 rings (SSSR count). The summed E-state index contributed by atoms with van der Waals surface area (Å²) in [4.78, 5) is 4.56. The molecule has 1 aromatic carbocycles. The van der Waals surface area contributed by atoms with Gasteiger partial charge in [0.15, 0.2) is 5.96 Å². The molecule has 0 aliphatic rings. The minimum absolute atomic E-state index is 0. The normalized spacial score (nSPS) is 10.9. The van der Waals surface area contributed by atoms with Crippen molar-refractivity contribution in [1.82, 2.24) is 10.6 Å². The lowest BCUT2D eigenvalue weighted by Crippen LogP contribution is -2.38. The zero-order chi connectivity index (χ0) is 14.9. The molecule has 0 radical (unpaired) electrons. The van der Waals surface area contributed by atoms with Crippen molar-refractivity contribution in [2.24, 2.45) is 4.99 Å². The monoisotopic (exact) mass is 431 g/mol. The number of phenols is 1. The Morgan fingerprint density at radius 1 is 1.23 bits per heavy atom. The molecule has 3 N–H and O–H groups in total. The third-order valence-corrected chi connectivity index (χ3v) is 3.69. The van der Waals surface area contributed by atoms with Crippen molar-refractivity contribution >= 4 is 41.3 Å². The maximum Gasteiger partial charge on any atom is 0.191 e. The van der Waals surface area contributed by atoms with Gasteiger partial charge >= 0.3 is 0 Å². The van der Waals surface area contributed by atoms with E-state index in [0.29, 0.717) is 12.3 Å². The second-order valence-electron chi connectivity index (χ2n) is 4.67. The van der Waals surface area contributed by atoms with Crippen molar-refractivity contribution in [3.8, 4) is 5.75 Å². The van der Waals surface area contributed by atoms with Gasteiger partial charge in [0, 0.05) is 13.1 Å². The topological polar surface area (TPSA) is 56.7 Å². The Labute approximate surface area is 152 Å². The number of thiophene rings is 1. The summed E-state index contributed by atoms with van der Waals surface area (Å²) < 4.78 is 0. The van der Waals surface area contributed by atoms with E-state index in [4.69, 9.17) is 0 Å². The van der Waals surface area contributed by atoms with Crippen LogP contribution in [-0.2, 0) is 13.0 Å². The first-order chi connectivity index (χ1) is 10.3. The van der Waals surface area contributed by atoms with Crippen LogP contribution >= 0.6 is 35.3 Å². The van der Waals surface area contributed by atoms with Crippen LogP contribution in [0.3, 0.4) is 0 Å². The van der Waals surface area contributed by atoms with E-state index in [2.05, 4.69) is 39.4 Å². The van der Waals surface area contributed by atoms with Crippen molar-refractivity contribution in [3.63, 3.8) is 0 Å². The Morgan fingerprint density at radius 2 is 2.09 bits per heavy atom. The average molecular weight is 431 g/mol. The zero-order valence-electron chi connectivity index (χ0n) is 12.6. The molecule has 4 nitrogen and oxygen atoms in total. The minimum atomic E-state index is 0. The summed E-state index contributed by atoms with van der Waals surface area (Å²) in [5, 5.41) is 20.2. The number of benzene rings is 1. The Bertz CT molecular complexity index is 573. The van der Waals surface area contributed by atoms with Gasteiger partial charge in [-0.15, -0.1) is 24.0 Å². The van der Waals surface area contributed by atoms with Gasteiger partial charge in [-0.05, 0) is 53.4 Å². The molecule has 0 spiro atoms. The van der Waals surface area contributed by atoms with E-state index < -0.39 is 0 Å². The van der Waals surface area contributed by atoms with Crippen molar-refractivity contribution in [3.05, 3.63) is 52.2 Å². The fourth-order valence-electron chi connectivity index (χ4n) is 1.93. The van der Waals surface area contributed by atoms with Crippen LogP contribution in [0, 0.1) is 0 Å². The van der Waals surface area contributed by atoms with Crippen LogP contribution in [0.5, 0.6) is 5.75 Å². The Kier molecular flexibility index (Phi) is 8.91. The van der Waals surface area contributed by atoms with Crippen molar-refractivity contribution in [2.45, 2.75) is 19.9 Å². The molecule has 0 atom stereocenters. The fraction of sp³-hybridized carbons (Fsp3) is 0.312. The largest absolute Gasteiger partial charge is 0.508 e. The molecular weight excluding hydrogens is 409 g/mol. The van der Waals surface area contributed by atoms with Crippen LogP contribution < -0.4 is 10.6 Å². The highest BCUT2D eigenvalue weighted by atomic mass is 127. The summed E-state index contributed by atoms with van der Waals surface area (Å²) in [6.45, 7) is 4.35. The van der Waals surface area contributed by atoms with E-state index >= 15 is 0 Å². The van der Waals surface area contributed by atoms with Gasteiger partial charge in [0.05, 0.1) is 6.54 Å². The van der Waals surface area contributed by atoms with E-state index in [1.807, 2.05) is 12.1 Å². The smallest absolute Gasteiger partial charge is 0.191 e. The van der Waals surface area contributed by atoms with Crippen LogP contribution in [0.4, 0.5) is 0 Å². The highest BCUT2D eigenvalue weighted by Gasteiger charge is 1.99. The number of phenolic OH excluding ortho intramolecular Hbond substituents is 1. The summed E-state index contributed by atoms with van der Waals surface area (Å²) in [6.07, 6.45) is 0.845. The second kappa shape index (κ2) is 10.4. The van der Waals surface area contributed by atoms with Gasteiger partial charge in [-0.3, -0.25) is 0 Å². The molecule has 0 amide bonds. The molecule has 1 aromatic heterocycles. The lowest BCUT2D eigenvalue weighted by Gasteiger charge is -2.11. The van der Waals surface area contributed by atoms with Crippen molar-refractivity contribution < 1.29 is 5.11 Å². The minimum Gasteiger partial charge on any atom is -0.508 e. The first kappa shape index (κ1) is 18.8. The predicted octanol–water partition coefficient (Wildman–Crippen LogP) is 3.37. The number of aromatic hydroxyl groups is 1. The highest BCUT2D eigenvalue weighted by Crippen LogP contribution is 2.10. The molecular formula is C16H22IN3OS. The second-order valence-corrected chi connectivity index (χ2v) is 5.45. The van der Waals surface area contributed by atoms with Gasteiger partial charge < -0.3 is 15.7 Å². The molecule has 0 saturated heterocycles. The molecule has 0 bridgehead atoms. The van der Waals surface area contributed by atoms with Crippen LogP contribution in [0.25, 0.3) is 0 Å². The van der Waals surface area contributed by atoms with E-state index in [-0.39, 0.29) is 24.0 Å². The standard InChI is InChI=1S/C16H21N3OS.HI/c1-2-17-16(19-11-14-7-9-21-12-14)18-8-6-13-4-3-5-15(20)10-13;/h3-5,7,9-10,12,20H,2,6,8,11H2,1H3,(H2,17,18,19);1H. The van der Waals surface area contributed by atoms with E-state index in [1.54, 1.807) is 23.5 Å². The maximum absolute atomic E-state index is 9.44. The number of nitrogens with one attached hydrogen (secondary N) is 2. The van der Waals surface area contributed by atoms with Gasteiger partial charge in [-0.25, -0.2) is 4.99 Å². The molecule has 120 valence electrons. The number of hydrogen-bond donors (Lipinski definition) is 3. The molecule has 0 aliphatic heterocycles. The van der Waals surface area contributed by atoms with Crippen LogP contribution in [-0.4, -0.2) is 24.2 Å². The first-order valence-electron chi connectivity index (χ1n) is 7.09. The van der Waals surface area contributed by atoms with Gasteiger partial charge in [-0.2, -0.15) is 11.3 Å². The molecule has 1 heterocycles. The van der Waals surface area contributed by atoms with Gasteiger partial charge in [0.25, 0.3) is 0 Å². The van der Waals surface area contributed by atoms with Gasteiger partial charge in [-0.1, -0.05) is 12.1 Å². The summed E-state index contributed by atoms with van der Waals surface area (Å²) in [5.74, 6) is 1.13. The molecule has 22 heavy (non-hydrogen) atoms. The van der Waals surface area contributed by atoms with E-state index in [9.17, 15) is 5.11 Å². The third-order valence-electron chi connectivity index (χ3n) is 2.96. The Balaban J connectivity index is 0.00000242. The fourth-order valence-corrected chi connectivity index (χ4v) is 2.59. The lowest BCUT2D eigenvalue weighted by atomic mass is 10.1. The van der Waals surface area contributed by atoms with Crippen molar-refractivity contribution in [2.75, 3.05) is 13.1 Å². The quantitative estimate of drug-likeness (QED) is 0.374. The zero-order valence-corrected chi connectivity index (χ0v) is 15.7. The van der Waals surface area contributed by atoms with Crippen LogP contribution in [0.1, 0.15) is 18.1 Å². The summed E-state index contributed by atoms with van der Waals surface area (Å²) in [7, 11) is 0. The number of guanidine groups is 1. The van der Waals surface area contributed by atoms with Crippen molar-refractivity contribution in [1.29, 1.82) is 0 Å². The molecule has 6 heteroatoms. The van der Waals surface area contributed by atoms with Gasteiger partial charge in [0.2, 0.25) is 0 Å². The number of halogens is 1. The Morgan fingerprint density at radius 3 is 2.77 bits per heavy atom. The summed E-state index contributed by atoms with van der Waals surface area (Å²) in [5.41, 5.74) is 2.33. The lowest BCUT2D eigenvalue weighted by molar-refractivity contribution is 0.474. The van der Waals surface area contributed by atoms with E-state index in [1.165, 1.54) is 5.56 Å². The number of nitrogens with zero attached hydrogens (tertiary/aromatic N) is 1. The molecule has 0 fully saturated rings. The molecule has 0 unspecified atom stereocenters. The predicted molar refractivity (Wildman–Crippen MR) is 104 cm³/mol. The molecule has 0 saturated carbocycles. The molecule has 2 aromatic rings. The average Bonchev–Trinajstić information content (AvgIpc) is 2.98. The van der Waals surface area contributed by atoms with E-state index in [0.717, 1.165) is 31.0 Å². The van der Waals surface area contributed by atoms with Gasteiger partial charge in [0.1, 0.15) is 5.75 Å². The summed E-state index contributed by atoms with van der Waals surface area (Å²) >= 11 is 1.69. The maximum atomic E-state index is 9.44. The third kappa shape index (κ3) is 6.65. The summed E-state index contributed by atoms with van der Waals surface area (Å²) in [6, 6.07) is 9.43. The van der Waals surface area contributed by atoms with Crippen LogP contribution in [0.2, 0.25) is 0 Å². The highest BCUT2D eigenvalue weighted by molar-refractivity contribution is 14.0. The number of rotatable bonds is 6. The number of hydrogen-bond acceptors (Lipinski definition) is 3. The van der Waals surface area contributed by atoms with Crippen LogP contribution in [0.15, 0.2) is 46.1 Å². The first-order valence-corrected chi connectivity index (χ1v) is 8.03. The Hall–Kier alpha value is -1.28. The molecule has 0 aliphatic carbocycles. The number of aliphatic imine (C=N–C) groups is 1.